The summed E-state index contributed by atoms with van der Waals surface area (Å²) in [6.45, 7) is 0.478. The first-order valence-corrected chi connectivity index (χ1v) is 8.96. The number of para-hydroxylation sites is 1. The minimum Gasteiger partial charge on any atom is -0.361 e. The van der Waals surface area contributed by atoms with E-state index in [0.717, 1.165) is 25.6 Å². The van der Waals surface area contributed by atoms with Crippen LogP contribution in [0, 0.1) is 14.9 Å². The van der Waals surface area contributed by atoms with Gasteiger partial charge in [-0.2, -0.15) is 5.26 Å². The van der Waals surface area contributed by atoms with Crippen molar-refractivity contribution in [2.24, 2.45) is 0 Å². The number of nitriles is 1. The fraction of sp³-hybridized carbons (Fsp3) is 0.100. The molecule has 0 unspecified atom stereocenters. The molecule has 2 aromatic carbocycles. The van der Waals surface area contributed by atoms with Crippen LogP contribution >= 0.6 is 22.6 Å². The number of hydrogen-bond acceptors (Lipinski definition) is 2. The van der Waals surface area contributed by atoms with Crippen molar-refractivity contribution in [2.75, 3.05) is 6.54 Å². The van der Waals surface area contributed by atoms with Crippen molar-refractivity contribution in [3.8, 4) is 6.07 Å². The maximum Gasteiger partial charge on any atom is 0.261 e. The number of aromatic amines is 1. The topological polar surface area (TPSA) is 68.7 Å². The fourth-order valence-corrected chi connectivity index (χ4v) is 3.18. The number of H-pyrrole nitrogens is 1. The predicted octanol–water partition coefficient (Wildman–Crippen LogP) is 4.04. The van der Waals surface area contributed by atoms with Gasteiger partial charge in [-0.1, -0.05) is 36.4 Å². The van der Waals surface area contributed by atoms with E-state index in [-0.39, 0.29) is 11.5 Å². The lowest BCUT2D eigenvalue weighted by Crippen LogP contribution is -2.26. The standard InChI is InChI=1S/C20H16IN3O/c21-18-7-3-1-5-14(18)11-16(12-22)20(25)23-10-9-15-13-24-19-8-4-2-6-17(15)19/h1-8,11,13,24H,9-10H2,(H,23,25). The Bertz CT molecular complexity index is 982. The van der Waals surface area contributed by atoms with Crippen LogP contribution in [0.4, 0.5) is 0 Å². The molecule has 0 aliphatic rings. The van der Waals surface area contributed by atoms with E-state index in [4.69, 9.17) is 0 Å². The van der Waals surface area contributed by atoms with Gasteiger partial charge in [-0.15, -0.1) is 0 Å². The molecule has 0 aliphatic carbocycles. The molecule has 0 saturated heterocycles. The van der Waals surface area contributed by atoms with E-state index in [1.807, 2.05) is 54.7 Å². The Hall–Kier alpha value is -2.59. The Balaban J connectivity index is 1.65. The number of carbonyl (C=O) groups excluding carboxylic acids is 1. The number of carbonyl (C=O) groups is 1. The summed E-state index contributed by atoms with van der Waals surface area (Å²) in [5, 5.41) is 13.3. The van der Waals surface area contributed by atoms with Crippen molar-refractivity contribution in [1.29, 1.82) is 5.26 Å². The van der Waals surface area contributed by atoms with Crippen LogP contribution in [0.1, 0.15) is 11.1 Å². The van der Waals surface area contributed by atoms with Gasteiger partial charge in [0.15, 0.2) is 0 Å². The molecular weight excluding hydrogens is 425 g/mol. The summed E-state index contributed by atoms with van der Waals surface area (Å²) in [5.41, 5.74) is 3.21. The minimum absolute atomic E-state index is 0.114. The highest BCUT2D eigenvalue weighted by molar-refractivity contribution is 14.1. The van der Waals surface area contributed by atoms with Crippen molar-refractivity contribution in [3.63, 3.8) is 0 Å². The first-order chi connectivity index (χ1) is 12.2. The normalized spacial score (nSPS) is 11.3. The predicted molar refractivity (Wildman–Crippen MR) is 108 cm³/mol. The third kappa shape index (κ3) is 4.09. The van der Waals surface area contributed by atoms with Gasteiger partial charge in [-0.05, 0) is 58.3 Å². The zero-order valence-corrected chi connectivity index (χ0v) is 15.6. The summed E-state index contributed by atoms with van der Waals surface area (Å²) in [4.78, 5) is 15.5. The average molecular weight is 441 g/mol. The number of aromatic nitrogens is 1. The van der Waals surface area contributed by atoms with Crippen LogP contribution in [-0.2, 0) is 11.2 Å². The third-order valence-corrected chi connectivity index (χ3v) is 4.91. The third-order valence-electron chi connectivity index (χ3n) is 3.92. The molecule has 0 aliphatic heterocycles. The van der Waals surface area contributed by atoms with Gasteiger partial charge < -0.3 is 10.3 Å². The van der Waals surface area contributed by atoms with E-state index < -0.39 is 0 Å². The highest BCUT2D eigenvalue weighted by atomic mass is 127. The van der Waals surface area contributed by atoms with E-state index >= 15 is 0 Å². The zero-order valence-electron chi connectivity index (χ0n) is 13.4. The van der Waals surface area contributed by atoms with Crippen molar-refractivity contribution in [3.05, 3.63) is 75.0 Å². The fourth-order valence-electron chi connectivity index (χ4n) is 2.64. The Morgan fingerprint density at radius 2 is 1.96 bits per heavy atom. The molecule has 0 bridgehead atoms. The summed E-state index contributed by atoms with van der Waals surface area (Å²) < 4.78 is 0.999. The van der Waals surface area contributed by atoms with Crippen molar-refractivity contribution in [1.82, 2.24) is 10.3 Å². The Morgan fingerprint density at radius 3 is 2.76 bits per heavy atom. The molecule has 1 amide bonds. The van der Waals surface area contributed by atoms with Gasteiger partial charge in [0.2, 0.25) is 0 Å². The van der Waals surface area contributed by atoms with Crippen LogP contribution in [0.5, 0.6) is 0 Å². The SMILES string of the molecule is N#CC(=Cc1ccccc1I)C(=O)NCCc1c[nH]c2ccccc12. The second kappa shape index (κ2) is 7.99. The average Bonchev–Trinajstić information content (AvgIpc) is 3.04. The lowest BCUT2D eigenvalue weighted by Gasteiger charge is -2.05. The van der Waals surface area contributed by atoms with Crippen molar-refractivity contribution in [2.45, 2.75) is 6.42 Å². The molecule has 0 spiro atoms. The highest BCUT2D eigenvalue weighted by Crippen LogP contribution is 2.18. The molecule has 0 atom stereocenters. The van der Waals surface area contributed by atoms with E-state index in [0.29, 0.717) is 13.0 Å². The number of nitrogens with zero attached hydrogens (tertiary/aromatic N) is 1. The zero-order chi connectivity index (χ0) is 17.6. The monoisotopic (exact) mass is 441 g/mol. The highest BCUT2D eigenvalue weighted by Gasteiger charge is 2.10. The second-order valence-corrected chi connectivity index (χ2v) is 6.72. The van der Waals surface area contributed by atoms with Gasteiger partial charge >= 0.3 is 0 Å². The van der Waals surface area contributed by atoms with E-state index in [2.05, 4.69) is 39.0 Å². The number of halogens is 1. The quantitative estimate of drug-likeness (QED) is 0.357. The van der Waals surface area contributed by atoms with Gasteiger partial charge in [0, 0.05) is 27.2 Å². The molecule has 0 saturated carbocycles. The smallest absolute Gasteiger partial charge is 0.261 e. The first-order valence-electron chi connectivity index (χ1n) is 7.88. The van der Waals surface area contributed by atoms with Gasteiger partial charge in [0.1, 0.15) is 11.6 Å². The van der Waals surface area contributed by atoms with E-state index in [1.165, 1.54) is 0 Å². The number of amides is 1. The van der Waals surface area contributed by atoms with Crippen LogP contribution in [0.15, 0.2) is 60.3 Å². The molecule has 5 heteroatoms. The maximum absolute atomic E-state index is 12.3. The molecule has 3 rings (SSSR count). The summed E-state index contributed by atoms with van der Waals surface area (Å²) in [5.74, 6) is -0.345. The Kier molecular flexibility index (Phi) is 5.51. The molecule has 0 radical (unpaired) electrons. The molecule has 3 aromatic rings. The molecule has 0 fully saturated rings. The van der Waals surface area contributed by atoms with Crippen LogP contribution < -0.4 is 5.32 Å². The second-order valence-electron chi connectivity index (χ2n) is 5.56. The van der Waals surface area contributed by atoms with Gasteiger partial charge in [-0.3, -0.25) is 4.79 Å². The lowest BCUT2D eigenvalue weighted by atomic mass is 10.1. The van der Waals surface area contributed by atoms with Crippen molar-refractivity contribution < 1.29 is 4.79 Å². The first kappa shape index (κ1) is 17.2. The summed E-state index contributed by atoms with van der Waals surface area (Å²) >= 11 is 2.19. The van der Waals surface area contributed by atoms with Gasteiger partial charge in [0.25, 0.3) is 5.91 Å². The lowest BCUT2D eigenvalue weighted by molar-refractivity contribution is -0.117. The van der Waals surface area contributed by atoms with Crippen LogP contribution in [0.2, 0.25) is 0 Å². The van der Waals surface area contributed by atoms with Crippen molar-refractivity contribution >= 4 is 45.5 Å². The van der Waals surface area contributed by atoms with Gasteiger partial charge in [-0.25, -0.2) is 0 Å². The molecule has 1 heterocycles. The minimum atomic E-state index is -0.345. The molecule has 4 nitrogen and oxygen atoms in total. The summed E-state index contributed by atoms with van der Waals surface area (Å²) in [6.07, 6.45) is 4.30. The molecular formula is C20H16IN3O. The van der Waals surface area contributed by atoms with E-state index in [9.17, 15) is 10.1 Å². The molecule has 124 valence electrons. The summed E-state index contributed by atoms with van der Waals surface area (Å²) in [7, 11) is 0. The molecule has 2 N–H and O–H groups in total. The number of benzene rings is 2. The summed E-state index contributed by atoms with van der Waals surface area (Å²) in [6, 6.07) is 17.7. The Morgan fingerprint density at radius 1 is 1.20 bits per heavy atom. The van der Waals surface area contributed by atoms with Gasteiger partial charge in [0.05, 0.1) is 0 Å². The molecule has 25 heavy (non-hydrogen) atoms. The Labute approximate surface area is 159 Å². The van der Waals surface area contributed by atoms with Crippen LogP contribution in [0.25, 0.3) is 17.0 Å². The number of rotatable bonds is 5. The van der Waals surface area contributed by atoms with Crippen LogP contribution in [0.3, 0.4) is 0 Å². The number of fused-ring (bicyclic) bond motifs is 1. The van der Waals surface area contributed by atoms with E-state index in [1.54, 1.807) is 6.08 Å². The largest absolute Gasteiger partial charge is 0.361 e. The number of nitrogens with one attached hydrogen (secondary N) is 2. The maximum atomic E-state index is 12.3. The van der Waals surface area contributed by atoms with Crippen LogP contribution in [-0.4, -0.2) is 17.4 Å². The molecule has 1 aromatic heterocycles. The number of hydrogen-bond donors (Lipinski definition) is 2.